The number of fused-ring (bicyclic) bond motifs is 2. The molecule has 108 valence electrons. The molecule has 1 saturated carbocycles. The predicted molar refractivity (Wildman–Crippen MR) is 79.0 cm³/mol. The standard InChI is InChI=1S/C17H18N2O2/c20-13-4-3-12-9-19(10-15-16(21)2-1-7-18-15)11-17(5-6-17)14(12)8-13/h1-4,7-8,20-21H,5-6,9-11H2. The molecule has 0 bridgehead atoms. The van der Waals surface area contributed by atoms with E-state index in [0.29, 0.717) is 12.3 Å². The van der Waals surface area contributed by atoms with Gasteiger partial charge in [-0.05, 0) is 48.2 Å². The third kappa shape index (κ3) is 2.16. The normalized spacial score (nSPS) is 19.4. The molecule has 2 aliphatic rings. The fourth-order valence-corrected chi connectivity index (χ4v) is 3.46. The third-order valence-corrected chi connectivity index (χ3v) is 4.68. The lowest BCUT2D eigenvalue weighted by atomic mass is 9.86. The van der Waals surface area contributed by atoms with Gasteiger partial charge in [0, 0.05) is 31.2 Å². The largest absolute Gasteiger partial charge is 0.508 e. The molecule has 2 N–H and O–H groups in total. The smallest absolute Gasteiger partial charge is 0.138 e. The first-order valence-corrected chi connectivity index (χ1v) is 7.34. The number of phenols is 1. The lowest BCUT2D eigenvalue weighted by Gasteiger charge is -2.35. The number of pyridine rings is 1. The van der Waals surface area contributed by atoms with E-state index >= 15 is 0 Å². The average molecular weight is 282 g/mol. The van der Waals surface area contributed by atoms with Gasteiger partial charge in [0.2, 0.25) is 0 Å². The molecule has 4 rings (SSSR count). The van der Waals surface area contributed by atoms with Crippen LogP contribution in [0.1, 0.15) is 29.7 Å². The van der Waals surface area contributed by atoms with Gasteiger partial charge in [0.05, 0.1) is 5.69 Å². The van der Waals surface area contributed by atoms with Crippen LogP contribution in [-0.2, 0) is 18.5 Å². The van der Waals surface area contributed by atoms with Crippen LogP contribution in [-0.4, -0.2) is 26.6 Å². The molecule has 0 amide bonds. The van der Waals surface area contributed by atoms with Crippen LogP contribution < -0.4 is 0 Å². The van der Waals surface area contributed by atoms with E-state index in [9.17, 15) is 10.2 Å². The molecule has 2 heterocycles. The van der Waals surface area contributed by atoms with Crippen LogP contribution >= 0.6 is 0 Å². The number of phenolic OH excluding ortho intramolecular Hbond substituents is 1. The molecule has 1 aliphatic carbocycles. The van der Waals surface area contributed by atoms with Gasteiger partial charge < -0.3 is 10.2 Å². The summed E-state index contributed by atoms with van der Waals surface area (Å²) < 4.78 is 0. The second kappa shape index (κ2) is 4.46. The van der Waals surface area contributed by atoms with Gasteiger partial charge in [-0.3, -0.25) is 9.88 Å². The number of rotatable bonds is 2. The SMILES string of the molecule is Oc1ccc2c(c1)C1(CC1)CN(Cc1ncccc1O)C2. The zero-order valence-electron chi connectivity index (χ0n) is 11.8. The Kier molecular flexibility index (Phi) is 2.69. The summed E-state index contributed by atoms with van der Waals surface area (Å²) in [5.41, 5.74) is 3.53. The van der Waals surface area contributed by atoms with Crippen molar-refractivity contribution in [1.82, 2.24) is 9.88 Å². The molecular weight excluding hydrogens is 264 g/mol. The number of hydrogen-bond acceptors (Lipinski definition) is 4. The Hall–Kier alpha value is -2.07. The van der Waals surface area contributed by atoms with Gasteiger partial charge in [-0.25, -0.2) is 0 Å². The van der Waals surface area contributed by atoms with Crippen molar-refractivity contribution < 1.29 is 10.2 Å². The summed E-state index contributed by atoms with van der Waals surface area (Å²) in [7, 11) is 0. The van der Waals surface area contributed by atoms with Crippen LogP contribution in [0.25, 0.3) is 0 Å². The topological polar surface area (TPSA) is 56.6 Å². The summed E-state index contributed by atoms with van der Waals surface area (Å²) in [4.78, 5) is 6.62. The first-order chi connectivity index (χ1) is 10.2. The molecule has 4 heteroatoms. The number of hydrogen-bond donors (Lipinski definition) is 2. The molecule has 1 aromatic carbocycles. The lowest BCUT2D eigenvalue weighted by molar-refractivity contribution is 0.208. The number of nitrogens with zero attached hydrogens (tertiary/aromatic N) is 2. The van der Waals surface area contributed by atoms with Crippen molar-refractivity contribution in [3.8, 4) is 11.5 Å². The highest BCUT2D eigenvalue weighted by Gasteiger charge is 2.49. The highest BCUT2D eigenvalue weighted by Crippen LogP contribution is 2.53. The molecule has 21 heavy (non-hydrogen) atoms. The average Bonchev–Trinajstić information content (AvgIpc) is 3.23. The fourth-order valence-electron chi connectivity index (χ4n) is 3.46. The Morgan fingerprint density at radius 3 is 2.81 bits per heavy atom. The number of benzene rings is 1. The van der Waals surface area contributed by atoms with Crippen LogP contribution in [0.2, 0.25) is 0 Å². The number of aromatic hydroxyl groups is 2. The molecule has 0 radical (unpaired) electrons. The molecule has 1 aliphatic heterocycles. The second-order valence-corrected chi connectivity index (χ2v) is 6.24. The van der Waals surface area contributed by atoms with E-state index in [1.54, 1.807) is 24.4 Å². The highest BCUT2D eigenvalue weighted by molar-refractivity contribution is 5.45. The maximum atomic E-state index is 9.90. The fraction of sp³-hybridized carbons (Fsp3) is 0.353. The zero-order valence-corrected chi connectivity index (χ0v) is 11.8. The molecular formula is C17H18N2O2. The Morgan fingerprint density at radius 1 is 1.19 bits per heavy atom. The van der Waals surface area contributed by atoms with Gasteiger partial charge in [0.25, 0.3) is 0 Å². The van der Waals surface area contributed by atoms with E-state index in [1.165, 1.54) is 24.0 Å². The van der Waals surface area contributed by atoms with Crippen LogP contribution in [0.3, 0.4) is 0 Å². The third-order valence-electron chi connectivity index (χ3n) is 4.68. The van der Waals surface area contributed by atoms with Gasteiger partial charge in [0.15, 0.2) is 0 Å². The summed E-state index contributed by atoms with van der Waals surface area (Å²) in [5.74, 6) is 0.620. The van der Waals surface area contributed by atoms with Gasteiger partial charge >= 0.3 is 0 Å². The van der Waals surface area contributed by atoms with Gasteiger partial charge in [-0.1, -0.05) is 6.07 Å². The maximum absolute atomic E-state index is 9.90. The quantitative estimate of drug-likeness (QED) is 0.888. The molecule has 0 atom stereocenters. The van der Waals surface area contributed by atoms with Crippen LogP contribution in [0.5, 0.6) is 11.5 Å². The first kappa shape index (κ1) is 12.7. The molecule has 0 unspecified atom stereocenters. The highest BCUT2D eigenvalue weighted by atomic mass is 16.3. The van der Waals surface area contributed by atoms with Crippen molar-refractivity contribution in [3.63, 3.8) is 0 Å². The molecule has 0 saturated heterocycles. The minimum atomic E-state index is 0.205. The van der Waals surface area contributed by atoms with E-state index in [2.05, 4.69) is 9.88 Å². The van der Waals surface area contributed by atoms with Crippen LogP contribution in [0, 0.1) is 0 Å². The van der Waals surface area contributed by atoms with E-state index in [4.69, 9.17) is 0 Å². The lowest BCUT2D eigenvalue weighted by Crippen LogP contribution is -2.37. The minimum Gasteiger partial charge on any atom is -0.508 e. The molecule has 1 aromatic heterocycles. The van der Waals surface area contributed by atoms with Gasteiger partial charge in [0.1, 0.15) is 11.5 Å². The van der Waals surface area contributed by atoms with Crippen LogP contribution in [0.15, 0.2) is 36.5 Å². The Bertz CT molecular complexity index is 695. The van der Waals surface area contributed by atoms with Crippen molar-refractivity contribution in [3.05, 3.63) is 53.3 Å². The van der Waals surface area contributed by atoms with Crippen molar-refractivity contribution >= 4 is 0 Å². The summed E-state index contributed by atoms with van der Waals surface area (Å²) in [6, 6.07) is 9.14. The minimum absolute atomic E-state index is 0.205. The summed E-state index contributed by atoms with van der Waals surface area (Å²) >= 11 is 0. The van der Waals surface area contributed by atoms with Crippen molar-refractivity contribution in [2.45, 2.75) is 31.3 Å². The monoisotopic (exact) mass is 282 g/mol. The predicted octanol–water partition coefficient (Wildman–Crippen LogP) is 2.54. The Labute approximate surface area is 123 Å². The first-order valence-electron chi connectivity index (χ1n) is 7.34. The van der Waals surface area contributed by atoms with Crippen molar-refractivity contribution in [1.29, 1.82) is 0 Å². The summed E-state index contributed by atoms with van der Waals surface area (Å²) in [5, 5.41) is 19.6. The Morgan fingerprint density at radius 2 is 2.05 bits per heavy atom. The van der Waals surface area contributed by atoms with Crippen molar-refractivity contribution in [2.24, 2.45) is 0 Å². The molecule has 4 nitrogen and oxygen atoms in total. The molecule has 1 fully saturated rings. The van der Waals surface area contributed by atoms with Crippen molar-refractivity contribution in [2.75, 3.05) is 6.54 Å². The number of aromatic nitrogens is 1. The van der Waals surface area contributed by atoms with E-state index in [-0.39, 0.29) is 11.2 Å². The van der Waals surface area contributed by atoms with Gasteiger partial charge in [-0.15, -0.1) is 0 Å². The maximum Gasteiger partial charge on any atom is 0.138 e. The van der Waals surface area contributed by atoms with E-state index in [0.717, 1.165) is 18.8 Å². The van der Waals surface area contributed by atoms with Gasteiger partial charge in [-0.2, -0.15) is 0 Å². The van der Waals surface area contributed by atoms with Crippen LogP contribution in [0.4, 0.5) is 0 Å². The molecule has 1 spiro atoms. The Balaban J connectivity index is 1.63. The zero-order chi connectivity index (χ0) is 14.4. The summed E-state index contributed by atoms with van der Waals surface area (Å²) in [6.07, 6.45) is 4.07. The molecule has 2 aromatic rings. The summed E-state index contributed by atoms with van der Waals surface area (Å²) in [6.45, 7) is 2.47. The van der Waals surface area contributed by atoms with E-state index in [1.807, 2.05) is 12.1 Å². The second-order valence-electron chi connectivity index (χ2n) is 6.24. The van der Waals surface area contributed by atoms with E-state index < -0.39 is 0 Å².